The van der Waals surface area contributed by atoms with E-state index in [4.69, 9.17) is 5.90 Å². The van der Waals surface area contributed by atoms with E-state index < -0.39 is 11.6 Å². The molecule has 1 aromatic rings. The normalized spacial score (nSPS) is 25.1. The van der Waals surface area contributed by atoms with E-state index in [2.05, 4.69) is 9.88 Å². The van der Waals surface area contributed by atoms with Crippen molar-refractivity contribution in [1.29, 1.82) is 0 Å². The predicted octanol–water partition coefficient (Wildman–Crippen LogP) is 1.64. The first-order valence-corrected chi connectivity index (χ1v) is 4.19. The number of nitrogens with two attached hydrogens (primary N) is 1. The molecule has 76 valence electrons. The van der Waals surface area contributed by atoms with E-state index in [0.717, 1.165) is 6.07 Å². The van der Waals surface area contributed by atoms with Crippen LogP contribution in [-0.2, 0) is 9.88 Å². The summed E-state index contributed by atoms with van der Waals surface area (Å²) in [5.74, 6) is 3.07. The Morgan fingerprint density at radius 3 is 2.71 bits per heavy atom. The summed E-state index contributed by atoms with van der Waals surface area (Å²) < 4.78 is 25.4. The van der Waals surface area contributed by atoms with Crippen LogP contribution in [0.5, 0.6) is 0 Å². The highest BCUT2D eigenvalue weighted by Gasteiger charge is 2.41. The molecule has 1 aliphatic carbocycles. The SMILES string of the molecule is NOOC1C[C@H]1c1ccc(F)c(F)c1. The minimum absolute atomic E-state index is 0.0497. The molecule has 2 atom stereocenters. The number of hydrogen-bond donors (Lipinski definition) is 1. The molecular weight excluding hydrogens is 192 g/mol. The van der Waals surface area contributed by atoms with Gasteiger partial charge >= 0.3 is 0 Å². The van der Waals surface area contributed by atoms with Gasteiger partial charge in [0.2, 0.25) is 0 Å². The van der Waals surface area contributed by atoms with Crippen LogP contribution in [0.15, 0.2) is 18.2 Å². The van der Waals surface area contributed by atoms with E-state index in [1.165, 1.54) is 12.1 Å². The molecular formula is C9H9F2NO2. The van der Waals surface area contributed by atoms with E-state index in [1.54, 1.807) is 0 Å². The molecule has 0 radical (unpaired) electrons. The third kappa shape index (κ3) is 1.75. The first kappa shape index (κ1) is 9.51. The molecule has 0 aromatic heterocycles. The summed E-state index contributed by atoms with van der Waals surface area (Å²) in [5.41, 5.74) is 0.700. The van der Waals surface area contributed by atoms with Crippen molar-refractivity contribution < 1.29 is 18.7 Å². The zero-order valence-corrected chi connectivity index (χ0v) is 7.24. The lowest BCUT2D eigenvalue weighted by molar-refractivity contribution is -0.309. The summed E-state index contributed by atoms with van der Waals surface area (Å²) in [7, 11) is 0. The maximum Gasteiger partial charge on any atom is 0.159 e. The Morgan fingerprint density at radius 2 is 2.07 bits per heavy atom. The largest absolute Gasteiger partial charge is 0.214 e. The van der Waals surface area contributed by atoms with Gasteiger partial charge in [0, 0.05) is 5.92 Å². The molecule has 0 saturated heterocycles. The first-order chi connectivity index (χ1) is 6.72. The Balaban J connectivity index is 2.08. The highest BCUT2D eigenvalue weighted by molar-refractivity contribution is 5.27. The van der Waals surface area contributed by atoms with Crippen molar-refractivity contribution in [2.45, 2.75) is 18.4 Å². The average Bonchev–Trinajstić information content (AvgIpc) is 2.90. The second kappa shape index (κ2) is 3.61. The molecule has 14 heavy (non-hydrogen) atoms. The molecule has 1 fully saturated rings. The Hall–Kier alpha value is -1.04. The molecule has 0 aliphatic heterocycles. The van der Waals surface area contributed by atoms with Crippen molar-refractivity contribution in [3.8, 4) is 0 Å². The Labute approximate surface area is 79.3 Å². The van der Waals surface area contributed by atoms with Gasteiger partial charge in [0.25, 0.3) is 0 Å². The van der Waals surface area contributed by atoms with Gasteiger partial charge in [0.05, 0.1) is 0 Å². The van der Waals surface area contributed by atoms with Gasteiger partial charge in [-0.3, -0.25) is 0 Å². The highest BCUT2D eigenvalue weighted by atomic mass is 19.2. The highest BCUT2D eigenvalue weighted by Crippen LogP contribution is 2.43. The van der Waals surface area contributed by atoms with Gasteiger partial charge in [-0.05, 0) is 24.1 Å². The molecule has 0 spiro atoms. The van der Waals surface area contributed by atoms with Gasteiger partial charge in [0.15, 0.2) is 11.6 Å². The van der Waals surface area contributed by atoms with Crippen molar-refractivity contribution in [3.63, 3.8) is 0 Å². The van der Waals surface area contributed by atoms with Crippen LogP contribution in [0.2, 0.25) is 0 Å². The van der Waals surface area contributed by atoms with Crippen LogP contribution in [0.3, 0.4) is 0 Å². The van der Waals surface area contributed by atoms with Crippen LogP contribution in [0.1, 0.15) is 17.9 Å². The first-order valence-electron chi connectivity index (χ1n) is 4.19. The van der Waals surface area contributed by atoms with Crippen LogP contribution >= 0.6 is 0 Å². The van der Waals surface area contributed by atoms with Gasteiger partial charge in [0.1, 0.15) is 6.10 Å². The van der Waals surface area contributed by atoms with Crippen LogP contribution < -0.4 is 5.90 Å². The topological polar surface area (TPSA) is 44.5 Å². The van der Waals surface area contributed by atoms with Gasteiger partial charge in [-0.15, -0.1) is 4.99 Å². The minimum Gasteiger partial charge on any atom is -0.214 e. The molecule has 0 amide bonds. The number of benzene rings is 1. The molecule has 3 nitrogen and oxygen atoms in total. The van der Waals surface area contributed by atoms with Crippen molar-refractivity contribution >= 4 is 0 Å². The lowest BCUT2D eigenvalue weighted by Gasteiger charge is -2.00. The minimum atomic E-state index is -0.846. The summed E-state index contributed by atoms with van der Waals surface area (Å²) in [6, 6.07) is 3.80. The van der Waals surface area contributed by atoms with Crippen molar-refractivity contribution in [2.75, 3.05) is 0 Å². The lowest BCUT2D eigenvalue weighted by atomic mass is 10.1. The van der Waals surface area contributed by atoms with Crippen molar-refractivity contribution in [3.05, 3.63) is 35.4 Å². The van der Waals surface area contributed by atoms with Gasteiger partial charge in [-0.1, -0.05) is 6.07 Å². The molecule has 1 aliphatic rings. The van der Waals surface area contributed by atoms with E-state index in [-0.39, 0.29) is 12.0 Å². The smallest absolute Gasteiger partial charge is 0.159 e. The fraction of sp³-hybridized carbons (Fsp3) is 0.333. The molecule has 1 aromatic carbocycles. The summed E-state index contributed by atoms with van der Waals surface area (Å²) >= 11 is 0. The molecule has 2 rings (SSSR count). The van der Waals surface area contributed by atoms with E-state index in [9.17, 15) is 8.78 Å². The van der Waals surface area contributed by atoms with Crippen molar-refractivity contribution in [2.24, 2.45) is 5.90 Å². The molecule has 2 N–H and O–H groups in total. The van der Waals surface area contributed by atoms with Gasteiger partial charge in [-0.2, -0.15) is 5.90 Å². The third-order valence-electron chi connectivity index (χ3n) is 2.28. The van der Waals surface area contributed by atoms with Gasteiger partial charge in [-0.25, -0.2) is 13.7 Å². The standard InChI is InChI=1S/C9H9F2NO2/c10-7-2-1-5(3-8(7)11)6-4-9(6)13-14-12/h1-3,6,9H,4,12H2/t6-,9?/m0/s1. The molecule has 1 saturated carbocycles. The van der Waals surface area contributed by atoms with Gasteiger partial charge < -0.3 is 0 Å². The summed E-state index contributed by atoms with van der Waals surface area (Å²) in [5, 5.41) is 0. The zero-order valence-electron chi connectivity index (χ0n) is 7.24. The fourth-order valence-electron chi connectivity index (χ4n) is 1.44. The molecule has 0 bridgehead atoms. The monoisotopic (exact) mass is 201 g/mol. The summed E-state index contributed by atoms with van der Waals surface area (Å²) in [4.78, 5) is 8.66. The summed E-state index contributed by atoms with van der Waals surface area (Å²) in [6.45, 7) is 0. The van der Waals surface area contributed by atoms with E-state index >= 15 is 0 Å². The summed E-state index contributed by atoms with van der Waals surface area (Å²) in [6.07, 6.45) is 0.562. The maximum absolute atomic E-state index is 12.8. The molecule has 1 unspecified atom stereocenters. The van der Waals surface area contributed by atoms with Crippen molar-refractivity contribution in [1.82, 2.24) is 0 Å². The quantitative estimate of drug-likeness (QED) is 0.597. The predicted molar refractivity (Wildman–Crippen MR) is 43.9 cm³/mol. The zero-order chi connectivity index (χ0) is 10.1. The number of hydrogen-bond acceptors (Lipinski definition) is 3. The lowest BCUT2D eigenvalue weighted by Crippen LogP contribution is -2.03. The number of halogens is 2. The third-order valence-corrected chi connectivity index (χ3v) is 2.28. The Morgan fingerprint density at radius 1 is 1.29 bits per heavy atom. The molecule has 5 heteroatoms. The maximum atomic E-state index is 12.8. The van der Waals surface area contributed by atoms with E-state index in [1.807, 2.05) is 0 Å². The van der Waals surface area contributed by atoms with Crippen LogP contribution in [-0.4, -0.2) is 6.10 Å². The second-order valence-corrected chi connectivity index (χ2v) is 3.25. The fourth-order valence-corrected chi connectivity index (χ4v) is 1.44. The second-order valence-electron chi connectivity index (χ2n) is 3.25. The van der Waals surface area contributed by atoms with Crippen LogP contribution in [0, 0.1) is 11.6 Å². The Kier molecular flexibility index (Phi) is 2.45. The van der Waals surface area contributed by atoms with Crippen LogP contribution in [0.4, 0.5) is 8.78 Å². The Bertz CT molecular complexity index is 346. The molecule has 0 heterocycles. The average molecular weight is 201 g/mol. The van der Waals surface area contributed by atoms with Crippen LogP contribution in [0.25, 0.3) is 0 Å². The number of rotatable bonds is 3. The van der Waals surface area contributed by atoms with E-state index in [0.29, 0.717) is 12.0 Å².